The Morgan fingerprint density at radius 3 is 2.65 bits per heavy atom. The Morgan fingerprint density at radius 2 is 1.91 bits per heavy atom. The molecule has 4 nitrogen and oxygen atoms in total. The lowest BCUT2D eigenvalue weighted by Gasteiger charge is -2.07. The number of nitrogens with one attached hydrogen (secondary N) is 1. The van der Waals surface area contributed by atoms with E-state index in [-0.39, 0.29) is 5.56 Å². The monoisotopic (exact) mass is 344 g/mol. The summed E-state index contributed by atoms with van der Waals surface area (Å²) in [5, 5.41) is 7.22. The summed E-state index contributed by atoms with van der Waals surface area (Å²) in [6, 6.07) is 17.1. The van der Waals surface area contributed by atoms with Gasteiger partial charge < -0.3 is 5.73 Å². The summed E-state index contributed by atoms with van der Waals surface area (Å²) in [5.41, 5.74) is 6.75. The minimum absolute atomic E-state index is 0.197. The molecule has 3 aromatic rings. The van der Waals surface area contributed by atoms with Crippen LogP contribution in [0.15, 0.2) is 69.2 Å². The number of nitrogens with zero attached hydrogens (tertiary/aromatic N) is 1. The van der Waals surface area contributed by atoms with Gasteiger partial charge in [0.2, 0.25) is 0 Å². The highest BCUT2D eigenvalue weighted by atomic mass is 35.5. The number of aromatic nitrogens is 2. The Labute approximate surface area is 142 Å². The van der Waals surface area contributed by atoms with Crippen LogP contribution in [-0.4, -0.2) is 10.2 Å². The van der Waals surface area contributed by atoms with E-state index in [9.17, 15) is 4.79 Å². The summed E-state index contributed by atoms with van der Waals surface area (Å²) in [6.45, 7) is 0. The number of H-pyrrole nitrogens is 1. The Kier molecular flexibility index (Phi) is 4.81. The van der Waals surface area contributed by atoms with E-state index in [1.54, 1.807) is 17.8 Å². The van der Waals surface area contributed by atoms with Crippen molar-refractivity contribution < 1.29 is 5.73 Å². The molecular weight excluding hydrogens is 330 g/mol. The number of benzene rings is 2. The van der Waals surface area contributed by atoms with Gasteiger partial charge in [-0.25, -0.2) is 5.10 Å². The number of halogens is 1. The van der Waals surface area contributed by atoms with E-state index in [0.29, 0.717) is 6.42 Å². The van der Waals surface area contributed by atoms with Gasteiger partial charge >= 0.3 is 0 Å². The van der Waals surface area contributed by atoms with Crippen molar-refractivity contribution in [1.29, 1.82) is 0 Å². The van der Waals surface area contributed by atoms with E-state index in [1.165, 1.54) is 6.07 Å². The van der Waals surface area contributed by atoms with E-state index in [4.69, 9.17) is 11.6 Å². The molecule has 0 unspecified atom stereocenters. The summed E-state index contributed by atoms with van der Waals surface area (Å²) in [6.07, 6.45) is 0.646. The van der Waals surface area contributed by atoms with Crippen LogP contribution in [-0.2, 0) is 6.42 Å². The van der Waals surface area contributed by atoms with E-state index >= 15 is 0 Å². The molecule has 0 atom stereocenters. The molecule has 0 saturated heterocycles. The predicted octanol–water partition coefficient (Wildman–Crippen LogP) is 3.04. The van der Waals surface area contributed by atoms with Crippen LogP contribution in [0.25, 0.3) is 0 Å². The molecule has 4 N–H and O–H groups in total. The lowest BCUT2D eigenvalue weighted by molar-refractivity contribution is -0.258. The van der Waals surface area contributed by atoms with Gasteiger partial charge in [0.25, 0.3) is 5.56 Å². The fraction of sp³-hybridized carbons (Fsp3) is 0.0588. The van der Waals surface area contributed by atoms with Crippen LogP contribution in [0.5, 0.6) is 0 Å². The number of hydrogen-bond donors (Lipinski definition) is 2. The first-order valence-electron chi connectivity index (χ1n) is 7.04. The van der Waals surface area contributed by atoms with E-state index in [1.807, 2.05) is 36.4 Å². The van der Waals surface area contributed by atoms with Crippen LogP contribution in [0.3, 0.4) is 0 Å². The van der Waals surface area contributed by atoms with Crippen LogP contribution in [0.4, 0.5) is 5.69 Å². The molecular formula is C17H15ClN3OS+. The Hall–Kier alpha value is -2.08. The molecule has 116 valence electrons. The summed E-state index contributed by atoms with van der Waals surface area (Å²) in [5.74, 6) is 0. The molecule has 23 heavy (non-hydrogen) atoms. The minimum Gasteiger partial charge on any atom is -0.324 e. The highest BCUT2D eigenvalue weighted by molar-refractivity contribution is 7.99. The molecule has 0 saturated carbocycles. The molecule has 0 aliphatic heterocycles. The molecule has 0 amide bonds. The molecule has 1 heterocycles. The zero-order valence-electron chi connectivity index (χ0n) is 12.3. The van der Waals surface area contributed by atoms with Gasteiger partial charge in [-0.15, -0.1) is 0 Å². The first-order valence-corrected chi connectivity index (χ1v) is 8.23. The molecule has 3 rings (SSSR count). The summed E-state index contributed by atoms with van der Waals surface area (Å²) < 4.78 is 0. The average molecular weight is 345 g/mol. The lowest BCUT2D eigenvalue weighted by Crippen LogP contribution is -2.40. The van der Waals surface area contributed by atoms with Crippen LogP contribution in [0, 0.1) is 0 Å². The first kappa shape index (κ1) is 15.8. The SMILES string of the molecule is [NH3+]c1ccc(Cc2ccc(=O)[nH]n2)cc1Sc1ccccc1Cl. The Balaban J connectivity index is 1.85. The van der Waals surface area contributed by atoms with Gasteiger partial charge in [0.05, 0.1) is 15.6 Å². The van der Waals surface area contributed by atoms with Crippen molar-refractivity contribution in [3.8, 4) is 0 Å². The smallest absolute Gasteiger partial charge is 0.264 e. The lowest BCUT2D eigenvalue weighted by atomic mass is 10.1. The zero-order valence-corrected chi connectivity index (χ0v) is 13.8. The molecule has 0 aliphatic carbocycles. The van der Waals surface area contributed by atoms with E-state index < -0.39 is 0 Å². The fourth-order valence-electron chi connectivity index (χ4n) is 2.13. The highest BCUT2D eigenvalue weighted by Crippen LogP contribution is 2.36. The quantitative estimate of drug-likeness (QED) is 0.764. The van der Waals surface area contributed by atoms with E-state index in [2.05, 4.69) is 22.0 Å². The molecule has 0 aliphatic rings. The summed E-state index contributed by atoms with van der Waals surface area (Å²) in [7, 11) is 0. The maximum atomic E-state index is 11.1. The summed E-state index contributed by atoms with van der Waals surface area (Å²) in [4.78, 5) is 13.1. The Bertz CT molecular complexity index is 875. The zero-order chi connectivity index (χ0) is 16.2. The van der Waals surface area contributed by atoms with Crippen molar-refractivity contribution in [1.82, 2.24) is 10.2 Å². The van der Waals surface area contributed by atoms with Crippen molar-refractivity contribution in [2.24, 2.45) is 0 Å². The second-order valence-electron chi connectivity index (χ2n) is 5.06. The minimum atomic E-state index is -0.197. The molecule has 0 bridgehead atoms. The van der Waals surface area contributed by atoms with Gasteiger partial charge in [-0.05, 0) is 29.8 Å². The van der Waals surface area contributed by atoms with Gasteiger partial charge in [-0.3, -0.25) is 4.79 Å². The van der Waals surface area contributed by atoms with Crippen LogP contribution >= 0.6 is 23.4 Å². The van der Waals surface area contributed by atoms with Crippen molar-refractivity contribution >= 4 is 29.1 Å². The fourth-order valence-corrected chi connectivity index (χ4v) is 3.34. The predicted molar refractivity (Wildman–Crippen MR) is 92.2 cm³/mol. The van der Waals surface area contributed by atoms with Crippen LogP contribution in [0.1, 0.15) is 11.3 Å². The van der Waals surface area contributed by atoms with Crippen LogP contribution < -0.4 is 11.3 Å². The number of aromatic amines is 1. The van der Waals surface area contributed by atoms with Crippen molar-refractivity contribution in [2.45, 2.75) is 16.2 Å². The topological polar surface area (TPSA) is 73.4 Å². The number of rotatable bonds is 4. The third kappa shape index (κ3) is 4.01. The van der Waals surface area contributed by atoms with Gasteiger partial charge in [0, 0.05) is 23.4 Å². The molecule has 2 aromatic carbocycles. The molecule has 0 fully saturated rings. The molecule has 0 spiro atoms. The third-order valence-corrected chi connectivity index (χ3v) is 4.93. The first-order chi connectivity index (χ1) is 11.1. The number of hydrogen-bond acceptors (Lipinski definition) is 3. The second kappa shape index (κ2) is 7.00. The maximum Gasteiger partial charge on any atom is 0.264 e. The summed E-state index contributed by atoms with van der Waals surface area (Å²) >= 11 is 7.82. The number of quaternary nitrogens is 1. The molecule has 1 aromatic heterocycles. The highest BCUT2D eigenvalue weighted by Gasteiger charge is 2.09. The van der Waals surface area contributed by atoms with E-state index in [0.717, 1.165) is 31.8 Å². The largest absolute Gasteiger partial charge is 0.324 e. The van der Waals surface area contributed by atoms with Gasteiger partial charge in [-0.1, -0.05) is 41.6 Å². The van der Waals surface area contributed by atoms with Gasteiger partial charge in [0.1, 0.15) is 5.69 Å². The van der Waals surface area contributed by atoms with Crippen molar-refractivity contribution in [2.75, 3.05) is 0 Å². The normalized spacial score (nSPS) is 10.7. The standard InChI is InChI=1S/C17H14ClN3OS/c18-13-3-1-2-4-15(13)23-16-10-11(5-7-14(16)19)9-12-6-8-17(22)21-20-12/h1-8,10H,9,19H2,(H,21,22)/p+1. The average Bonchev–Trinajstić information content (AvgIpc) is 2.55. The molecule has 0 radical (unpaired) electrons. The third-order valence-electron chi connectivity index (χ3n) is 3.31. The van der Waals surface area contributed by atoms with Crippen molar-refractivity contribution in [3.63, 3.8) is 0 Å². The van der Waals surface area contributed by atoms with Gasteiger partial charge in [0.15, 0.2) is 0 Å². The second-order valence-corrected chi connectivity index (χ2v) is 6.55. The Morgan fingerprint density at radius 1 is 1.09 bits per heavy atom. The van der Waals surface area contributed by atoms with Gasteiger partial charge in [-0.2, -0.15) is 5.10 Å². The molecule has 6 heteroatoms. The van der Waals surface area contributed by atoms with Crippen molar-refractivity contribution in [3.05, 3.63) is 81.2 Å². The maximum absolute atomic E-state index is 11.1. The van der Waals surface area contributed by atoms with Crippen LogP contribution in [0.2, 0.25) is 5.02 Å².